The highest BCUT2D eigenvalue weighted by Gasteiger charge is 2.06. The van der Waals surface area contributed by atoms with E-state index in [1.54, 1.807) is 0 Å². The molecule has 0 radical (unpaired) electrons. The van der Waals surface area contributed by atoms with Crippen LogP contribution in [0.3, 0.4) is 0 Å². The van der Waals surface area contributed by atoms with Crippen LogP contribution in [0.15, 0.2) is 41.5 Å². The Morgan fingerprint density at radius 3 is 2.00 bits per heavy atom. The van der Waals surface area contributed by atoms with Gasteiger partial charge in [-0.3, -0.25) is 0 Å². The Morgan fingerprint density at radius 1 is 0.950 bits per heavy atom. The lowest BCUT2D eigenvalue weighted by atomic mass is 10.2. The maximum Gasteiger partial charge on any atom is 0.162 e. The van der Waals surface area contributed by atoms with Crippen molar-refractivity contribution in [2.75, 3.05) is 13.2 Å². The number of aliphatic hydroxyl groups is 1. The Hall–Kier alpha value is -1.74. The normalized spacial score (nSPS) is 9.85. The number of hydrogen-bond acceptors (Lipinski definition) is 3. The molecule has 1 N–H and O–H groups in total. The Bertz CT molecular complexity index is 479. The lowest BCUT2D eigenvalue weighted by Gasteiger charge is -2.12. The monoisotopic (exact) mass is 276 g/mol. The first-order valence-corrected chi connectivity index (χ1v) is 6.79. The van der Waals surface area contributed by atoms with Crippen molar-refractivity contribution in [3.8, 4) is 11.5 Å². The highest BCUT2D eigenvalue weighted by atomic mass is 16.5. The summed E-state index contributed by atoms with van der Waals surface area (Å²) in [5.74, 6) is 1.36. The molecule has 0 saturated heterocycles. The topological polar surface area (TPSA) is 38.7 Å². The Balaban J connectivity index is 2.80. The van der Waals surface area contributed by atoms with E-state index >= 15 is 0 Å². The molecule has 20 heavy (non-hydrogen) atoms. The quantitative estimate of drug-likeness (QED) is 0.768. The molecule has 110 valence electrons. The second-order valence-corrected chi connectivity index (χ2v) is 5.12. The van der Waals surface area contributed by atoms with Gasteiger partial charge >= 0.3 is 0 Å². The maximum atomic E-state index is 9.20. The van der Waals surface area contributed by atoms with Crippen LogP contribution in [0.2, 0.25) is 0 Å². The van der Waals surface area contributed by atoms with E-state index in [2.05, 4.69) is 0 Å². The van der Waals surface area contributed by atoms with Crippen LogP contribution in [0.25, 0.3) is 0 Å². The lowest BCUT2D eigenvalue weighted by molar-refractivity contribution is 0.277. The van der Waals surface area contributed by atoms with Gasteiger partial charge in [-0.25, -0.2) is 0 Å². The first-order valence-electron chi connectivity index (χ1n) is 6.79. The number of allylic oxidation sites excluding steroid dienone is 2. The van der Waals surface area contributed by atoms with Gasteiger partial charge in [-0.2, -0.15) is 0 Å². The second kappa shape index (κ2) is 8.43. The van der Waals surface area contributed by atoms with Gasteiger partial charge < -0.3 is 14.6 Å². The molecule has 0 aliphatic heterocycles. The van der Waals surface area contributed by atoms with E-state index in [1.807, 2.05) is 58.0 Å². The van der Waals surface area contributed by atoms with Gasteiger partial charge in [-0.15, -0.1) is 0 Å². The van der Waals surface area contributed by atoms with Crippen molar-refractivity contribution >= 4 is 0 Å². The highest BCUT2D eigenvalue weighted by molar-refractivity contribution is 5.43. The minimum Gasteiger partial charge on any atom is -0.486 e. The molecule has 0 bridgehead atoms. The largest absolute Gasteiger partial charge is 0.486 e. The van der Waals surface area contributed by atoms with E-state index in [0.29, 0.717) is 24.7 Å². The molecule has 3 nitrogen and oxygen atoms in total. The summed E-state index contributed by atoms with van der Waals surface area (Å²) in [6.45, 7) is 9.12. The van der Waals surface area contributed by atoms with Crippen molar-refractivity contribution in [1.29, 1.82) is 0 Å². The van der Waals surface area contributed by atoms with E-state index in [1.165, 1.54) is 11.1 Å². The average molecular weight is 276 g/mol. The predicted molar refractivity (Wildman–Crippen MR) is 82.2 cm³/mol. The summed E-state index contributed by atoms with van der Waals surface area (Å²) in [5.41, 5.74) is 3.23. The molecule has 0 aromatic heterocycles. The standard InChI is InChI=1S/C17H24O3/c1-13(2)7-9-19-16-6-5-15(12-18)11-17(16)20-10-8-14(3)4/h5-8,11,18H,9-10,12H2,1-4H3. The molecule has 0 aliphatic rings. The number of rotatable bonds is 7. The van der Waals surface area contributed by atoms with Crippen LogP contribution in [-0.2, 0) is 6.61 Å². The Kier molecular flexibility index (Phi) is 6.88. The summed E-state index contributed by atoms with van der Waals surface area (Å²) in [6.07, 6.45) is 4.02. The number of hydrogen-bond donors (Lipinski definition) is 1. The zero-order chi connectivity index (χ0) is 15.0. The van der Waals surface area contributed by atoms with Crippen LogP contribution in [0.1, 0.15) is 33.3 Å². The van der Waals surface area contributed by atoms with Crippen LogP contribution in [0, 0.1) is 0 Å². The van der Waals surface area contributed by atoms with Gasteiger partial charge in [0.15, 0.2) is 11.5 Å². The highest BCUT2D eigenvalue weighted by Crippen LogP contribution is 2.28. The van der Waals surface area contributed by atoms with E-state index in [-0.39, 0.29) is 6.61 Å². The van der Waals surface area contributed by atoms with Gasteiger partial charge in [-0.05, 0) is 57.5 Å². The molecule has 0 fully saturated rings. The molecule has 0 amide bonds. The lowest BCUT2D eigenvalue weighted by Crippen LogP contribution is -2.01. The maximum absolute atomic E-state index is 9.20. The average Bonchev–Trinajstić information content (AvgIpc) is 2.39. The third-order valence-corrected chi connectivity index (χ3v) is 2.65. The van der Waals surface area contributed by atoms with E-state index < -0.39 is 0 Å². The SMILES string of the molecule is CC(C)=CCOc1ccc(CO)cc1OCC=C(C)C. The van der Waals surface area contributed by atoms with Gasteiger partial charge in [0.1, 0.15) is 13.2 Å². The fourth-order valence-electron chi connectivity index (χ4n) is 1.48. The first-order chi connectivity index (χ1) is 9.52. The van der Waals surface area contributed by atoms with Crippen molar-refractivity contribution in [2.45, 2.75) is 34.3 Å². The fraction of sp³-hybridized carbons (Fsp3) is 0.412. The van der Waals surface area contributed by atoms with Gasteiger partial charge in [0, 0.05) is 0 Å². The molecular formula is C17H24O3. The number of benzene rings is 1. The van der Waals surface area contributed by atoms with Crippen molar-refractivity contribution in [3.05, 3.63) is 47.1 Å². The smallest absolute Gasteiger partial charge is 0.162 e. The minimum absolute atomic E-state index is 0.00669. The van der Waals surface area contributed by atoms with Crippen LogP contribution < -0.4 is 9.47 Å². The Morgan fingerprint density at radius 2 is 1.50 bits per heavy atom. The molecule has 0 saturated carbocycles. The molecule has 3 heteroatoms. The van der Waals surface area contributed by atoms with Crippen LogP contribution in [0.5, 0.6) is 11.5 Å². The molecule has 0 unspecified atom stereocenters. The van der Waals surface area contributed by atoms with Crippen LogP contribution in [0.4, 0.5) is 0 Å². The molecule has 0 spiro atoms. The molecule has 0 aliphatic carbocycles. The molecule has 1 aromatic carbocycles. The zero-order valence-corrected chi connectivity index (χ0v) is 12.8. The van der Waals surface area contributed by atoms with E-state index in [0.717, 1.165) is 5.56 Å². The summed E-state index contributed by atoms with van der Waals surface area (Å²) in [7, 11) is 0. The van der Waals surface area contributed by atoms with Crippen molar-refractivity contribution in [2.24, 2.45) is 0 Å². The molecule has 1 rings (SSSR count). The third-order valence-electron chi connectivity index (χ3n) is 2.65. The predicted octanol–water partition coefficient (Wildman–Crippen LogP) is 3.87. The summed E-state index contributed by atoms with van der Waals surface area (Å²) >= 11 is 0. The van der Waals surface area contributed by atoms with Crippen LogP contribution in [-0.4, -0.2) is 18.3 Å². The zero-order valence-electron chi connectivity index (χ0n) is 12.8. The van der Waals surface area contributed by atoms with Gasteiger partial charge in [-0.1, -0.05) is 17.2 Å². The molecular weight excluding hydrogens is 252 g/mol. The third kappa shape index (κ3) is 5.93. The van der Waals surface area contributed by atoms with E-state index in [4.69, 9.17) is 9.47 Å². The van der Waals surface area contributed by atoms with Gasteiger partial charge in [0.25, 0.3) is 0 Å². The van der Waals surface area contributed by atoms with E-state index in [9.17, 15) is 5.11 Å². The molecule has 0 heterocycles. The summed E-state index contributed by atoms with van der Waals surface area (Å²) in [4.78, 5) is 0. The van der Waals surface area contributed by atoms with Crippen molar-refractivity contribution in [1.82, 2.24) is 0 Å². The summed E-state index contributed by atoms with van der Waals surface area (Å²) in [5, 5.41) is 9.20. The van der Waals surface area contributed by atoms with Crippen LogP contribution >= 0.6 is 0 Å². The Labute approximate surface area is 121 Å². The number of ether oxygens (including phenoxy) is 2. The number of aliphatic hydroxyl groups excluding tert-OH is 1. The minimum atomic E-state index is -0.00669. The molecule has 0 atom stereocenters. The fourth-order valence-corrected chi connectivity index (χ4v) is 1.48. The summed E-state index contributed by atoms with van der Waals surface area (Å²) in [6, 6.07) is 5.49. The summed E-state index contributed by atoms with van der Waals surface area (Å²) < 4.78 is 11.4. The van der Waals surface area contributed by atoms with Crippen molar-refractivity contribution in [3.63, 3.8) is 0 Å². The van der Waals surface area contributed by atoms with Gasteiger partial charge in [0.2, 0.25) is 0 Å². The second-order valence-electron chi connectivity index (χ2n) is 5.12. The first kappa shape index (κ1) is 16.3. The molecule has 1 aromatic rings. The van der Waals surface area contributed by atoms with Crippen molar-refractivity contribution < 1.29 is 14.6 Å². The van der Waals surface area contributed by atoms with Gasteiger partial charge in [0.05, 0.1) is 6.61 Å².